The Balaban J connectivity index is 4.26. The predicted molar refractivity (Wildman–Crippen MR) is 62.5 cm³/mol. The number of hydrogen-bond donors (Lipinski definition) is 5. The number of rotatable bonds is 10. The van der Waals surface area contributed by atoms with Gasteiger partial charge in [0.15, 0.2) is 0 Å². The fourth-order valence-corrected chi connectivity index (χ4v) is 1.63. The molecular formula is C10H21N3O4. The smallest absolute Gasteiger partial charge is 0.308 e. The van der Waals surface area contributed by atoms with Crippen LogP contribution < -0.4 is 16.8 Å². The minimum atomic E-state index is -0.963. The highest BCUT2D eigenvalue weighted by molar-refractivity contribution is 5.71. The molecule has 0 aromatic carbocycles. The normalized spacial score (nSPS) is 14.2. The second-order valence-corrected chi connectivity index (χ2v) is 3.82. The molecule has 2 atom stereocenters. The highest BCUT2D eigenvalue weighted by Gasteiger charge is 2.26. The largest absolute Gasteiger partial charge is 0.481 e. The Morgan fingerprint density at radius 2 is 1.88 bits per heavy atom. The molecule has 0 aliphatic heterocycles. The van der Waals surface area contributed by atoms with Crippen LogP contribution in [0.2, 0.25) is 0 Å². The summed E-state index contributed by atoms with van der Waals surface area (Å²) in [7, 11) is 0. The summed E-state index contributed by atoms with van der Waals surface area (Å²) in [5.41, 5.74) is 10.8. The van der Waals surface area contributed by atoms with Crippen LogP contribution in [0.3, 0.4) is 0 Å². The zero-order valence-corrected chi connectivity index (χ0v) is 9.76. The van der Waals surface area contributed by atoms with Crippen LogP contribution in [0.5, 0.6) is 0 Å². The third-order valence-corrected chi connectivity index (χ3v) is 2.51. The molecule has 7 heteroatoms. The summed E-state index contributed by atoms with van der Waals surface area (Å²) >= 11 is 0. The second kappa shape index (κ2) is 8.91. The Morgan fingerprint density at radius 3 is 2.29 bits per heavy atom. The van der Waals surface area contributed by atoms with Crippen LogP contribution in [0.1, 0.15) is 19.3 Å². The molecule has 0 saturated heterocycles. The van der Waals surface area contributed by atoms with Gasteiger partial charge in [-0.3, -0.25) is 9.59 Å². The van der Waals surface area contributed by atoms with Crippen molar-refractivity contribution in [3.63, 3.8) is 0 Å². The molecule has 7 nitrogen and oxygen atoms in total. The van der Waals surface area contributed by atoms with E-state index < -0.39 is 17.9 Å². The van der Waals surface area contributed by atoms with Gasteiger partial charge >= 0.3 is 11.9 Å². The van der Waals surface area contributed by atoms with E-state index in [-0.39, 0.29) is 19.0 Å². The first-order chi connectivity index (χ1) is 8.02. The van der Waals surface area contributed by atoms with E-state index in [0.717, 1.165) is 0 Å². The van der Waals surface area contributed by atoms with Crippen LogP contribution in [0.25, 0.3) is 0 Å². The summed E-state index contributed by atoms with van der Waals surface area (Å²) in [6, 6.07) is -0.371. The van der Waals surface area contributed by atoms with Crippen LogP contribution in [0.4, 0.5) is 0 Å². The Kier molecular flexibility index (Phi) is 8.29. The Hall–Kier alpha value is -1.18. The third kappa shape index (κ3) is 6.88. The van der Waals surface area contributed by atoms with E-state index in [1.165, 1.54) is 0 Å². The molecule has 0 spiro atoms. The van der Waals surface area contributed by atoms with Gasteiger partial charge < -0.3 is 27.0 Å². The van der Waals surface area contributed by atoms with Crippen LogP contribution in [0.15, 0.2) is 0 Å². The van der Waals surface area contributed by atoms with Gasteiger partial charge in [0.1, 0.15) is 0 Å². The molecule has 2 unspecified atom stereocenters. The summed E-state index contributed by atoms with van der Waals surface area (Å²) in [4.78, 5) is 21.4. The Morgan fingerprint density at radius 1 is 1.24 bits per heavy atom. The van der Waals surface area contributed by atoms with Gasteiger partial charge in [-0.25, -0.2) is 0 Å². The van der Waals surface area contributed by atoms with Gasteiger partial charge in [0.25, 0.3) is 0 Å². The lowest BCUT2D eigenvalue weighted by Crippen LogP contribution is -2.46. The van der Waals surface area contributed by atoms with Crippen LogP contribution in [0, 0.1) is 5.92 Å². The van der Waals surface area contributed by atoms with E-state index in [1.807, 2.05) is 0 Å². The number of nitrogens with one attached hydrogen (secondary N) is 1. The summed E-state index contributed by atoms with van der Waals surface area (Å²) < 4.78 is 0. The van der Waals surface area contributed by atoms with Crippen molar-refractivity contribution in [2.75, 3.05) is 19.6 Å². The molecule has 0 radical (unpaired) electrons. The molecule has 7 N–H and O–H groups in total. The Bertz CT molecular complexity index is 248. The van der Waals surface area contributed by atoms with E-state index in [2.05, 4.69) is 5.32 Å². The number of carboxylic acid groups (broad SMARTS) is 2. The molecule has 0 aromatic heterocycles. The van der Waals surface area contributed by atoms with E-state index in [1.54, 1.807) is 0 Å². The number of carbonyl (C=O) groups is 2. The average molecular weight is 247 g/mol. The molecule has 100 valence electrons. The van der Waals surface area contributed by atoms with Crippen molar-refractivity contribution >= 4 is 11.9 Å². The lowest BCUT2D eigenvalue weighted by molar-refractivity contribution is -0.144. The zero-order chi connectivity index (χ0) is 13.3. The maximum Gasteiger partial charge on any atom is 0.308 e. The molecule has 0 aromatic rings. The molecule has 0 fully saturated rings. The van der Waals surface area contributed by atoms with Crippen LogP contribution in [-0.2, 0) is 9.59 Å². The summed E-state index contributed by atoms with van der Waals surface area (Å²) in [6.07, 6.45) is 0.589. The average Bonchev–Trinajstić information content (AvgIpc) is 2.26. The minimum Gasteiger partial charge on any atom is -0.481 e. The minimum absolute atomic E-state index is 0.0298. The second-order valence-electron chi connectivity index (χ2n) is 3.82. The van der Waals surface area contributed by atoms with Crippen molar-refractivity contribution < 1.29 is 19.8 Å². The van der Waals surface area contributed by atoms with Gasteiger partial charge in [-0.15, -0.1) is 0 Å². The fraction of sp³-hybridized carbons (Fsp3) is 0.800. The third-order valence-electron chi connectivity index (χ3n) is 2.51. The van der Waals surface area contributed by atoms with Gasteiger partial charge in [-0.1, -0.05) is 0 Å². The molecule has 0 saturated carbocycles. The number of hydrogen-bond acceptors (Lipinski definition) is 5. The summed E-state index contributed by atoms with van der Waals surface area (Å²) in [5, 5.41) is 20.5. The van der Waals surface area contributed by atoms with E-state index in [4.69, 9.17) is 21.7 Å². The fourth-order valence-electron chi connectivity index (χ4n) is 1.63. The quantitative estimate of drug-likeness (QED) is 0.327. The lowest BCUT2D eigenvalue weighted by Gasteiger charge is -2.23. The van der Waals surface area contributed by atoms with Crippen molar-refractivity contribution in [1.29, 1.82) is 0 Å². The molecule has 0 aliphatic carbocycles. The van der Waals surface area contributed by atoms with Gasteiger partial charge in [-0.2, -0.15) is 0 Å². The monoisotopic (exact) mass is 247 g/mol. The zero-order valence-electron chi connectivity index (χ0n) is 9.76. The van der Waals surface area contributed by atoms with Crippen molar-refractivity contribution in [1.82, 2.24) is 5.32 Å². The highest BCUT2D eigenvalue weighted by Crippen LogP contribution is 2.13. The topological polar surface area (TPSA) is 139 Å². The first kappa shape index (κ1) is 15.8. The molecular weight excluding hydrogens is 226 g/mol. The van der Waals surface area contributed by atoms with Crippen molar-refractivity contribution in [3.05, 3.63) is 0 Å². The van der Waals surface area contributed by atoms with Gasteiger partial charge in [0, 0.05) is 32.1 Å². The number of aliphatic carboxylic acids is 2. The standard InChI is InChI=1S/C10H21N3O4/c11-4-5-13-8(6-12)7(10(16)17)2-1-3-9(14)15/h7-8,13H,1-6,11-12H2,(H,14,15)(H,16,17). The maximum atomic E-state index is 11.1. The molecule has 0 aliphatic rings. The number of nitrogens with two attached hydrogens (primary N) is 2. The number of carboxylic acids is 2. The summed E-state index contributed by atoms with van der Waals surface area (Å²) in [6.45, 7) is 1.08. The van der Waals surface area contributed by atoms with Gasteiger partial charge in [0.2, 0.25) is 0 Å². The van der Waals surface area contributed by atoms with E-state index in [0.29, 0.717) is 25.9 Å². The SMILES string of the molecule is NCCNC(CN)C(CCCC(=O)O)C(=O)O. The first-order valence-corrected chi connectivity index (χ1v) is 5.61. The maximum absolute atomic E-state index is 11.1. The summed E-state index contributed by atoms with van der Waals surface area (Å²) in [5.74, 6) is -2.56. The van der Waals surface area contributed by atoms with E-state index in [9.17, 15) is 9.59 Å². The Labute approximate surface area is 100 Å². The lowest BCUT2D eigenvalue weighted by atomic mass is 9.93. The van der Waals surface area contributed by atoms with Crippen molar-refractivity contribution in [2.24, 2.45) is 17.4 Å². The van der Waals surface area contributed by atoms with Crippen LogP contribution in [-0.4, -0.2) is 47.8 Å². The van der Waals surface area contributed by atoms with Crippen molar-refractivity contribution in [2.45, 2.75) is 25.3 Å². The van der Waals surface area contributed by atoms with Crippen molar-refractivity contribution in [3.8, 4) is 0 Å². The molecule has 0 rings (SSSR count). The predicted octanol–water partition coefficient (Wildman–Crippen LogP) is -1.18. The highest BCUT2D eigenvalue weighted by atomic mass is 16.4. The first-order valence-electron chi connectivity index (χ1n) is 5.61. The molecule has 17 heavy (non-hydrogen) atoms. The van der Waals surface area contributed by atoms with E-state index >= 15 is 0 Å². The molecule has 0 amide bonds. The van der Waals surface area contributed by atoms with Crippen LogP contribution >= 0.6 is 0 Å². The van der Waals surface area contributed by atoms with Gasteiger partial charge in [-0.05, 0) is 12.8 Å². The molecule has 0 bridgehead atoms. The van der Waals surface area contributed by atoms with Gasteiger partial charge in [0.05, 0.1) is 5.92 Å². The molecule has 0 heterocycles.